The fourth-order valence-electron chi connectivity index (χ4n) is 2.64. The third-order valence-electron chi connectivity index (χ3n) is 3.90. The Hall–Kier alpha value is -1.60. The summed E-state index contributed by atoms with van der Waals surface area (Å²) in [5.74, 6) is -0.344. The molecule has 1 aliphatic rings. The highest BCUT2D eigenvalue weighted by Crippen LogP contribution is 2.20. The van der Waals surface area contributed by atoms with Crippen molar-refractivity contribution in [3.05, 3.63) is 33.8 Å². The number of piperazine rings is 1. The molecule has 0 bridgehead atoms. The number of carbonyl (C=O) groups excluding carboxylic acids is 2. The fourth-order valence-corrected chi connectivity index (χ4v) is 3.00. The SMILES string of the molecule is COC(=O)c1cc(Br)ccc1CN1CCN(C(=O)OC(C)(C)C)CC1. The molecule has 2 rings (SSSR count). The van der Waals surface area contributed by atoms with E-state index in [1.54, 1.807) is 11.0 Å². The number of carbonyl (C=O) groups is 2. The van der Waals surface area contributed by atoms with E-state index >= 15 is 0 Å². The van der Waals surface area contributed by atoms with Gasteiger partial charge in [0.2, 0.25) is 0 Å². The van der Waals surface area contributed by atoms with Crippen LogP contribution >= 0.6 is 15.9 Å². The quantitative estimate of drug-likeness (QED) is 0.712. The van der Waals surface area contributed by atoms with Crippen LogP contribution in [0, 0.1) is 0 Å². The third kappa shape index (κ3) is 5.71. The van der Waals surface area contributed by atoms with Crippen molar-refractivity contribution in [2.75, 3.05) is 33.3 Å². The van der Waals surface area contributed by atoms with Gasteiger partial charge in [-0.1, -0.05) is 22.0 Å². The Labute approximate surface area is 157 Å². The smallest absolute Gasteiger partial charge is 0.410 e. The lowest BCUT2D eigenvalue weighted by Crippen LogP contribution is -2.49. The van der Waals surface area contributed by atoms with Crippen molar-refractivity contribution in [2.45, 2.75) is 32.9 Å². The Morgan fingerprint density at radius 3 is 2.36 bits per heavy atom. The molecular weight excluding hydrogens is 388 g/mol. The predicted octanol–water partition coefficient (Wildman–Crippen LogP) is 3.29. The van der Waals surface area contributed by atoms with Crippen LogP contribution in [0.15, 0.2) is 22.7 Å². The van der Waals surface area contributed by atoms with Gasteiger partial charge < -0.3 is 14.4 Å². The largest absolute Gasteiger partial charge is 0.465 e. The molecule has 0 saturated carbocycles. The molecule has 1 heterocycles. The summed E-state index contributed by atoms with van der Waals surface area (Å²) in [7, 11) is 1.38. The van der Waals surface area contributed by atoms with E-state index in [1.165, 1.54) is 7.11 Å². The molecule has 138 valence electrons. The second kappa shape index (κ2) is 8.19. The van der Waals surface area contributed by atoms with Crippen molar-refractivity contribution < 1.29 is 19.1 Å². The van der Waals surface area contributed by atoms with E-state index in [0.717, 1.165) is 23.1 Å². The van der Waals surface area contributed by atoms with E-state index in [9.17, 15) is 9.59 Å². The Bertz CT molecular complexity index is 634. The van der Waals surface area contributed by atoms with E-state index in [0.29, 0.717) is 25.2 Å². The summed E-state index contributed by atoms with van der Waals surface area (Å²) in [5, 5.41) is 0. The first-order valence-corrected chi connectivity index (χ1v) is 9.06. The number of rotatable bonds is 3. The molecule has 0 N–H and O–H groups in total. The van der Waals surface area contributed by atoms with Crippen molar-refractivity contribution >= 4 is 28.0 Å². The molecule has 1 amide bonds. The molecule has 1 aliphatic heterocycles. The Morgan fingerprint density at radius 2 is 1.80 bits per heavy atom. The minimum atomic E-state index is -0.485. The van der Waals surface area contributed by atoms with E-state index < -0.39 is 5.60 Å². The summed E-state index contributed by atoms with van der Waals surface area (Å²) in [5.41, 5.74) is 0.994. The number of ether oxygens (including phenoxy) is 2. The zero-order chi connectivity index (χ0) is 18.6. The van der Waals surface area contributed by atoms with Gasteiger partial charge in [-0.15, -0.1) is 0 Å². The summed E-state index contributed by atoms with van der Waals surface area (Å²) in [6.07, 6.45) is -0.272. The molecule has 1 fully saturated rings. The van der Waals surface area contributed by atoms with Crippen molar-refractivity contribution in [3.63, 3.8) is 0 Å². The van der Waals surface area contributed by atoms with Gasteiger partial charge in [-0.25, -0.2) is 9.59 Å². The van der Waals surface area contributed by atoms with Crippen LogP contribution in [0.2, 0.25) is 0 Å². The lowest BCUT2D eigenvalue weighted by atomic mass is 10.1. The van der Waals surface area contributed by atoms with E-state index in [2.05, 4.69) is 20.8 Å². The fraction of sp³-hybridized carbons (Fsp3) is 0.556. The predicted molar refractivity (Wildman–Crippen MR) is 98.6 cm³/mol. The van der Waals surface area contributed by atoms with Crippen LogP contribution in [0.3, 0.4) is 0 Å². The molecule has 1 aromatic carbocycles. The molecule has 25 heavy (non-hydrogen) atoms. The first kappa shape index (κ1) is 19.7. The van der Waals surface area contributed by atoms with Gasteiger partial charge in [0.1, 0.15) is 5.60 Å². The molecule has 0 aromatic heterocycles. The second-order valence-electron chi connectivity index (χ2n) is 7.04. The maximum absolute atomic E-state index is 12.1. The van der Waals surface area contributed by atoms with Gasteiger partial charge in [0.25, 0.3) is 0 Å². The topological polar surface area (TPSA) is 59.1 Å². The van der Waals surface area contributed by atoms with Gasteiger partial charge in [-0.2, -0.15) is 0 Å². The number of hydrogen-bond acceptors (Lipinski definition) is 5. The normalized spacial score (nSPS) is 15.8. The first-order chi connectivity index (χ1) is 11.7. The number of esters is 1. The molecule has 1 aromatic rings. The molecule has 1 saturated heterocycles. The maximum atomic E-state index is 12.1. The monoisotopic (exact) mass is 412 g/mol. The minimum Gasteiger partial charge on any atom is -0.465 e. The van der Waals surface area contributed by atoms with E-state index in [1.807, 2.05) is 32.9 Å². The van der Waals surface area contributed by atoms with Crippen molar-refractivity contribution in [3.8, 4) is 0 Å². The average molecular weight is 413 g/mol. The van der Waals surface area contributed by atoms with Gasteiger partial charge >= 0.3 is 12.1 Å². The van der Waals surface area contributed by atoms with Gasteiger partial charge in [-0.05, 0) is 38.5 Å². The van der Waals surface area contributed by atoms with Crippen LogP contribution < -0.4 is 0 Å². The van der Waals surface area contributed by atoms with Crippen LogP contribution in [-0.2, 0) is 16.0 Å². The van der Waals surface area contributed by atoms with Crippen molar-refractivity contribution in [1.82, 2.24) is 9.80 Å². The number of halogens is 1. The highest BCUT2D eigenvalue weighted by atomic mass is 79.9. The maximum Gasteiger partial charge on any atom is 0.410 e. The van der Waals surface area contributed by atoms with Crippen LogP contribution in [0.4, 0.5) is 4.79 Å². The number of amides is 1. The highest BCUT2D eigenvalue weighted by Gasteiger charge is 2.26. The van der Waals surface area contributed by atoms with Gasteiger partial charge in [-0.3, -0.25) is 4.90 Å². The zero-order valence-electron chi connectivity index (χ0n) is 15.2. The van der Waals surface area contributed by atoms with Gasteiger partial charge in [0, 0.05) is 37.2 Å². The molecule has 0 atom stereocenters. The van der Waals surface area contributed by atoms with E-state index in [4.69, 9.17) is 9.47 Å². The molecule has 7 heteroatoms. The van der Waals surface area contributed by atoms with Crippen LogP contribution in [-0.4, -0.2) is 60.8 Å². The number of methoxy groups -OCH3 is 1. The summed E-state index contributed by atoms with van der Waals surface area (Å²) in [6, 6.07) is 5.62. The second-order valence-corrected chi connectivity index (χ2v) is 7.95. The Kier molecular flexibility index (Phi) is 6.46. The van der Waals surface area contributed by atoms with Gasteiger partial charge in [0.15, 0.2) is 0 Å². The number of hydrogen-bond donors (Lipinski definition) is 0. The summed E-state index contributed by atoms with van der Waals surface area (Å²) >= 11 is 3.39. The molecular formula is C18H25BrN2O4. The summed E-state index contributed by atoms with van der Waals surface area (Å²) in [6.45, 7) is 8.92. The first-order valence-electron chi connectivity index (χ1n) is 8.26. The molecule has 0 unspecified atom stereocenters. The standard InChI is InChI=1S/C18H25BrN2O4/c1-18(2,3)25-17(23)21-9-7-20(8-10-21)12-13-5-6-14(19)11-15(13)16(22)24-4/h5-6,11H,7-10,12H2,1-4H3. The van der Waals surface area contributed by atoms with Crippen molar-refractivity contribution in [2.24, 2.45) is 0 Å². The average Bonchev–Trinajstić information content (AvgIpc) is 2.54. The van der Waals surface area contributed by atoms with Crippen LogP contribution in [0.5, 0.6) is 0 Å². The summed E-state index contributed by atoms with van der Waals surface area (Å²) < 4.78 is 11.1. The molecule has 0 spiro atoms. The van der Waals surface area contributed by atoms with Crippen LogP contribution in [0.25, 0.3) is 0 Å². The number of nitrogens with zero attached hydrogens (tertiary/aromatic N) is 2. The Morgan fingerprint density at radius 1 is 1.16 bits per heavy atom. The molecule has 0 aliphatic carbocycles. The Balaban J connectivity index is 1.97. The highest BCUT2D eigenvalue weighted by molar-refractivity contribution is 9.10. The van der Waals surface area contributed by atoms with Gasteiger partial charge in [0.05, 0.1) is 12.7 Å². The number of benzene rings is 1. The van der Waals surface area contributed by atoms with E-state index in [-0.39, 0.29) is 12.1 Å². The summed E-state index contributed by atoms with van der Waals surface area (Å²) in [4.78, 5) is 28.0. The molecule has 6 nitrogen and oxygen atoms in total. The lowest BCUT2D eigenvalue weighted by Gasteiger charge is -2.35. The lowest BCUT2D eigenvalue weighted by molar-refractivity contribution is 0.0139. The third-order valence-corrected chi connectivity index (χ3v) is 4.39. The zero-order valence-corrected chi connectivity index (χ0v) is 16.8. The van der Waals surface area contributed by atoms with Crippen molar-refractivity contribution in [1.29, 1.82) is 0 Å². The molecule has 0 radical (unpaired) electrons. The minimum absolute atomic E-state index is 0.272. The van der Waals surface area contributed by atoms with Crippen LogP contribution in [0.1, 0.15) is 36.7 Å².